The van der Waals surface area contributed by atoms with E-state index in [1.165, 1.54) is 13.2 Å². The number of alkyl carbamates (subject to hydrolysis) is 1. The van der Waals surface area contributed by atoms with Crippen molar-refractivity contribution in [3.8, 4) is 0 Å². The Balaban J connectivity index is 1.54. The maximum Gasteiger partial charge on any atom is 0.434 e. The van der Waals surface area contributed by atoms with Gasteiger partial charge in [0, 0.05) is 18.8 Å². The number of methoxy groups -OCH3 is 1. The molecule has 11 heteroatoms. The Morgan fingerprint density at radius 2 is 1.91 bits per heavy atom. The van der Waals surface area contributed by atoms with Crippen LogP contribution in [0.2, 0.25) is 0 Å². The van der Waals surface area contributed by atoms with Gasteiger partial charge in [0.2, 0.25) is 0 Å². The number of aliphatic hydroxyl groups is 1. The number of nitrogens with zero attached hydrogens (tertiary/aromatic N) is 2. The van der Waals surface area contributed by atoms with Gasteiger partial charge in [0.1, 0.15) is 0 Å². The molecule has 0 aliphatic heterocycles. The largest absolute Gasteiger partial charge is 0.453 e. The SMILES string of the molecule is COC(=O)NC(C)(C)/C=C/n1ncc(C(=O)NC2C3CC4CC2CC(CO)(C4)C3)c1C(F)(F)F. The molecule has 2 amide bonds. The Kier molecular flexibility index (Phi) is 6.20. The van der Waals surface area contributed by atoms with Crippen molar-refractivity contribution in [2.24, 2.45) is 23.2 Å². The molecule has 3 N–H and O–H groups in total. The highest BCUT2D eigenvalue weighted by Crippen LogP contribution is 2.59. The van der Waals surface area contributed by atoms with Gasteiger partial charge in [-0.25, -0.2) is 9.48 Å². The molecule has 4 bridgehead atoms. The topological polar surface area (TPSA) is 105 Å². The van der Waals surface area contributed by atoms with Crippen LogP contribution in [0.25, 0.3) is 6.20 Å². The second-order valence-corrected chi connectivity index (χ2v) is 10.6. The lowest BCUT2D eigenvalue weighted by Crippen LogP contribution is -2.60. The van der Waals surface area contributed by atoms with Crippen LogP contribution >= 0.6 is 0 Å². The first-order valence-corrected chi connectivity index (χ1v) is 11.5. The number of carbonyl (C=O) groups is 2. The molecule has 8 nitrogen and oxygen atoms in total. The first-order valence-electron chi connectivity index (χ1n) is 11.5. The van der Waals surface area contributed by atoms with Crippen LogP contribution in [0.3, 0.4) is 0 Å². The maximum atomic E-state index is 14.0. The minimum atomic E-state index is -4.82. The van der Waals surface area contributed by atoms with E-state index in [0.29, 0.717) is 10.6 Å². The summed E-state index contributed by atoms with van der Waals surface area (Å²) in [5.41, 5.74) is -2.84. The van der Waals surface area contributed by atoms with E-state index >= 15 is 0 Å². The minimum absolute atomic E-state index is 0.102. The van der Waals surface area contributed by atoms with Gasteiger partial charge in [-0.3, -0.25) is 4.79 Å². The second-order valence-electron chi connectivity index (χ2n) is 10.6. The van der Waals surface area contributed by atoms with E-state index < -0.39 is 35.0 Å². The van der Waals surface area contributed by atoms with Crippen molar-refractivity contribution < 1.29 is 32.6 Å². The van der Waals surface area contributed by atoms with E-state index in [0.717, 1.165) is 44.5 Å². The number of hydrogen-bond donors (Lipinski definition) is 3. The van der Waals surface area contributed by atoms with E-state index in [1.807, 2.05) is 0 Å². The van der Waals surface area contributed by atoms with E-state index in [-0.39, 0.29) is 29.9 Å². The second kappa shape index (κ2) is 8.58. The molecule has 188 valence electrons. The Bertz CT molecular complexity index is 971. The normalized spacial score (nSPS) is 30.6. The van der Waals surface area contributed by atoms with Gasteiger partial charge in [-0.15, -0.1) is 0 Å². The fraction of sp³-hybridized carbons (Fsp3) is 0.696. The third-order valence-electron chi connectivity index (χ3n) is 7.58. The summed E-state index contributed by atoms with van der Waals surface area (Å²) >= 11 is 0. The Morgan fingerprint density at radius 3 is 2.47 bits per heavy atom. The third kappa shape index (κ3) is 4.67. The molecule has 5 rings (SSSR count). The van der Waals surface area contributed by atoms with Gasteiger partial charge in [0.05, 0.1) is 24.4 Å². The summed E-state index contributed by atoms with van der Waals surface area (Å²) in [4.78, 5) is 24.5. The molecule has 0 saturated heterocycles. The van der Waals surface area contributed by atoms with Crippen LogP contribution in [0.1, 0.15) is 62.0 Å². The number of hydrogen-bond acceptors (Lipinski definition) is 5. The van der Waals surface area contributed by atoms with Crippen molar-refractivity contribution >= 4 is 18.2 Å². The number of aliphatic hydroxyl groups excluding tert-OH is 1. The van der Waals surface area contributed by atoms with Crippen molar-refractivity contribution in [2.75, 3.05) is 13.7 Å². The highest BCUT2D eigenvalue weighted by Gasteiger charge is 2.55. The standard InChI is InChI=1S/C23H31F3N4O4/c1-21(2,29-20(33)34-3)4-5-30-18(23(24,25)26)16(11-27-30)19(32)28-17-14-6-13-7-15(17)10-22(8-13,9-14)12-31/h4-5,11,13-15,17,31H,6-10,12H2,1-3H3,(H,28,32)(H,29,33)/b5-4+. The van der Waals surface area contributed by atoms with Gasteiger partial charge in [-0.2, -0.15) is 18.3 Å². The highest BCUT2D eigenvalue weighted by atomic mass is 19.4. The zero-order valence-corrected chi connectivity index (χ0v) is 19.5. The van der Waals surface area contributed by atoms with Gasteiger partial charge in [0.25, 0.3) is 5.91 Å². The third-order valence-corrected chi connectivity index (χ3v) is 7.58. The van der Waals surface area contributed by atoms with Gasteiger partial charge >= 0.3 is 12.3 Å². The Labute approximate surface area is 195 Å². The summed E-state index contributed by atoms with van der Waals surface area (Å²) in [6.07, 6.45) is 2.21. The number of ether oxygens (including phenoxy) is 1. The number of alkyl halides is 3. The molecule has 1 heterocycles. The average molecular weight is 485 g/mol. The van der Waals surface area contributed by atoms with Crippen LogP contribution in [0.5, 0.6) is 0 Å². The Hall–Kier alpha value is -2.56. The predicted octanol–water partition coefficient (Wildman–Crippen LogP) is 3.42. The molecule has 4 fully saturated rings. The monoisotopic (exact) mass is 484 g/mol. The van der Waals surface area contributed by atoms with E-state index in [2.05, 4.69) is 20.5 Å². The molecule has 34 heavy (non-hydrogen) atoms. The number of rotatable bonds is 6. The molecule has 4 aliphatic carbocycles. The van der Waals surface area contributed by atoms with Gasteiger partial charge in [-0.1, -0.05) is 0 Å². The molecule has 1 aromatic heterocycles. The zero-order valence-electron chi connectivity index (χ0n) is 19.5. The number of amides is 2. The molecular formula is C23H31F3N4O4. The summed E-state index contributed by atoms with van der Waals surface area (Å²) in [5.74, 6) is 0.0430. The number of nitrogens with one attached hydrogen (secondary N) is 2. The van der Waals surface area contributed by atoms with Gasteiger partial charge in [-0.05, 0) is 75.2 Å². The molecule has 4 saturated carbocycles. The fourth-order valence-electron chi connectivity index (χ4n) is 6.39. The van der Waals surface area contributed by atoms with Crippen LogP contribution < -0.4 is 10.6 Å². The first kappa shape index (κ1) is 24.6. The molecule has 0 radical (unpaired) electrons. The van der Waals surface area contributed by atoms with Crippen molar-refractivity contribution in [3.05, 3.63) is 23.5 Å². The lowest BCUT2D eigenvalue weighted by molar-refractivity contribution is -0.142. The van der Waals surface area contributed by atoms with Crippen LogP contribution in [-0.4, -0.2) is 52.2 Å². The van der Waals surface area contributed by atoms with Crippen molar-refractivity contribution in [3.63, 3.8) is 0 Å². The predicted molar refractivity (Wildman–Crippen MR) is 117 cm³/mol. The first-order chi connectivity index (χ1) is 15.9. The molecule has 4 aliphatic rings. The smallest absolute Gasteiger partial charge is 0.434 e. The van der Waals surface area contributed by atoms with Gasteiger partial charge in [0.15, 0.2) is 5.69 Å². The van der Waals surface area contributed by atoms with Crippen LogP contribution in [0.15, 0.2) is 12.3 Å². The highest BCUT2D eigenvalue weighted by molar-refractivity contribution is 5.95. The molecule has 2 unspecified atom stereocenters. The average Bonchev–Trinajstić information content (AvgIpc) is 3.19. The summed E-state index contributed by atoms with van der Waals surface area (Å²) in [7, 11) is 1.18. The zero-order chi connectivity index (χ0) is 24.9. The van der Waals surface area contributed by atoms with Crippen LogP contribution in [0.4, 0.5) is 18.0 Å². The van der Waals surface area contributed by atoms with Crippen molar-refractivity contribution in [1.29, 1.82) is 0 Å². The van der Waals surface area contributed by atoms with E-state index in [9.17, 15) is 27.9 Å². The van der Waals surface area contributed by atoms with Gasteiger partial charge < -0.3 is 20.5 Å². The molecule has 1 aromatic rings. The molecular weight excluding hydrogens is 453 g/mol. The quantitative estimate of drug-likeness (QED) is 0.574. The number of halogens is 3. The summed E-state index contributed by atoms with van der Waals surface area (Å²) < 4.78 is 47.0. The molecule has 2 atom stereocenters. The summed E-state index contributed by atoms with van der Waals surface area (Å²) in [5, 5.41) is 19.1. The summed E-state index contributed by atoms with van der Waals surface area (Å²) in [6, 6.07) is -0.202. The lowest BCUT2D eigenvalue weighted by Gasteiger charge is -2.59. The Morgan fingerprint density at radius 1 is 1.26 bits per heavy atom. The minimum Gasteiger partial charge on any atom is -0.453 e. The molecule has 0 spiro atoms. The summed E-state index contributed by atoms with van der Waals surface area (Å²) in [6.45, 7) is 3.28. The fourth-order valence-corrected chi connectivity index (χ4v) is 6.39. The van der Waals surface area contributed by atoms with E-state index in [4.69, 9.17) is 0 Å². The van der Waals surface area contributed by atoms with Crippen molar-refractivity contribution in [2.45, 2.75) is 63.7 Å². The maximum absolute atomic E-state index is 14.0. The van der Waals surface area contributed by atoms with E-state index in [1.54, 1.807) is 13.8 Å². The van der Waals surface area contributed by atoms with Crippen LogP contribution in [0, 0.1) is 23.2 Å². The molecule has 0 aromatic carbocycles. The van der Waals surface area contributed by atoms with Crippen molar-refractivity contribution in [1.82, 2.24) is 20.4 Å². The number of carbonyl (C=O) groups excluding carboxylic acids is 2. The van der Waals surface area contributed by atoms with Crippen LogP contribution in [-0.2, 0) is 10.9 Å². The number of aromatic nitrogens is 2. The lowest BCUT2D eigenvalue weighted by atomic mass is 9.48.